The topological polar surface area (TPSA) is 78.9 Å². The summed E-state index contributed by atoms with van der Waals surface area (Å²) in [5, 5.41) is 0. The van der Waals surface area contributed by atoms with E-state index in [1.54, 1.807) is 0 Å². The van der Waals surface area contributed by atoms with Crippen LogP contribution in [0.2, 0.25) is 0 Å². The van der Waals surface area contributed by atoms with Crippen LogP contribution >= 0.6 is 0 Å². The molecular formula is C69H128O6. The van der Waals surface area contributed by atoms with Crippen LogP contribution in [-0.2, 0) is 28.6 Å². The second-order valence-corrected chi connectivity index (χ2v) is 22.7. The molecular weight excluding hydrogens is 925 g/mol. The third kappa shape index (κ3) is 62.4. The van der Waals surface area contributed by atoms with E-state index < -0.39 is 6.10 Å². The van der Waals surface area contributed by atoms with E-state index in [2.05, 4.69) is 57.2 Å². The second kappa shape index (κ2) is 64.2. The lowest BCUT2D eigenvalue weighted by molar-refractivity contribution is -0.167. The largest absolute Gasteiger partial charge is 0.462 e. The summed E-state index contributed by atoms with van der Waals surface area (Å²) in [5.74, 6) is -0.865. The number of hydrogen-bond donors (Lipinski definition) is 0. The molecule has 0 amide bonds. The van der Waals surface area contributed by atoms with Crippen LogP contribution in [0.3, 0.4) is 0 Å². The van der Waals surface area contributed by atoms with Gasteiger partial charge in [-0.05, 0) is 70.6 Å². The molecule has 0 heterocycles. The van der Waals surface area contributed by atoms with Gasteiger partial charge in [0.05, 0.1) is 0 Å². The Morgan fingerprint density at radius 2 is 0.507 bits per heavy atom. The van der Waals surface area contributed by atoms with Gasteiger partial charge in [0, 0.05) is 19.3 Å². The quantitative estimate of drug-likeness (QED) is 0.0261. The Bertz CT molecular complexity index is 1250. The molecule has 6 nitrogen and oxygen atoms in total. The molecule has 0 aromatic carbocycles. The molecule has 0 spiro atoms. The van der Waals surface area contributed by atoms with E-state index >= 15 is 0 Å². The van der Waals surface area contributed by atoms with E-state index in [1.165, 1.54) is 250 Å². The maximum Gasteiger partial charge on any atom is 0.306 e. The van der Waals surface area contributed by atoms with Crippen molar-refractivity contribution in [3.8, 4) is 0 Å². The standard InChI is InChI=1S/C69H128O6/c1-4-7-10-13-16-19-22-24-26-28-30-32-33-34-35-36-38-39-41-43-45-47-50-53-56-59-62-68(71)74-65-66(64-73-67(70)61-58-55-52-49-21-18-15-12-9-6-3)75-69(72)63-60-57-54-51-48-46-44-42-40-37-31-29-27-25-23-20-17-14-11-8-5-2/h12,15,23,25,29,31,66H,4-11,13-14,16-22,24,26-28,30,32-65H2,1-3H3/b15-12-,25-23-,31-29-. The lowest BCUT2D eigenvalue weighted by atomic mass is 10.0. The van der Waals surface area contributed by atoms with E-state index in [4.69, 9.17) is 14.2 Å². The van der Waals surface area contributed by atoms with Crippen LogP contribution in [0.15, 0.2) is 36.5 Å². The molecule has 0 aliphatic rings. The van der Waals surface area contributed by atoms with Gasteiger partial charge in [-0.25, -0.2) is 0 Å². The maximum atomic E-state index is 12.9. The van der Waals surface area contributed by atoms with Gasteiger partial charge in [-0.1, -0.05) is 314 Å². The third-order valence-corrected chi connectivity index (χ3v) is 15.1. The van der Waals surface area contributed by atoms with Crippen molar-refractivity contribution < 1.29 is 28.6 Å². The summed E-state index contributed by atoms with van der Waals surface area (Å²) in [6.07, 6.45) is 78.9. The summed E-state index contributed by atoms with van der Waals surface area (Å²) < 4.78 is 16.9. The second-order valence-electron chi connectivity index (χ2n) is 22.7. The predicted molar refractivity (Wildman–Crippen MR) is 326 cm³/mol. The third-order valence-electron chi connectivity index (χ3n) is 15.1. The minimum atomic E-state index is -0.776. The van der Waals surface area contributed by atoms with Crippen LogP contribution in [0.25, 0.3) is 0 Å². The fraction of sp³-hybridized carbons (Fsp3) is 0.870. The first-order valence-corrected chi connectivity index (χ1v) is 33.5. The van der Waals surface area contributed by atoms with Crippen LogP contribution in [0.5, 0.6) is 0 Å². The molecule has 0 aromatic rings. The minimum absolute atomic E-state index is 0.0724. The number of unbranched alkanes of at least 4 members (excludes halogenated alkanes) is 45. The average molecular weight is 1050 g/mol. The smallest absolute Gasteiger partial charge is 0.306 e. The SMILES string of the molecule is CCC/C=C\CCCCCCCC(=O)OCC(COC(=O)CCCCCCCCCCCCCCCCCCCCCCCCCCCC)OC(=O)CCCCCCCCCCC/C=C\C/C=C\CCCCCCC. The van der Waals surface area contributed by atoms with Crippen molar-refractivity contribution in [3.05, 3.63) is 36.5 Å². The van der Waals surface area contributed by atoms with Crippen molar-refractivity contribution in [2.45, 2.75) is 374 Å². The zero-order valence-corrected chi connectivity index (χ0v) is 50.6. The van der Waals surface area contributed by atoms with Gasteiger partial charge >= 0.3 is 17.9 Å². The van der Waals surface area contributed by atoms with Crippen LogP contribution in [0.4, 0.5) is 0 Å². The summed E-state index contributed by atoms with van der Waals surface area (Å²) in [6, 6.07) is 0. The molecule has 1 unspecified atom stereocenters. The Balaban J connectivity index is 4.16. The van der Waals surface area contributed by atoms with Crippen molar-refractivity contribution in [2.75, 3.05) is 13.2 Å². The highest BCUT2D eigenvalue weighted by molar-refractivity contribution is 5.71. The Morgan fingerprint density at radius 3 is 0.800 bits per heavy atom. The van der Waals surface area contributed by atoms with Crippen molar-refractivity contribution in [2.24, 2.45) is 0 Å². The van der Waals surface area contributed by atoms with Gasteiger partial charge in [0.15, 0.2) is 6.10 Å². The van der Waals surface area contributed by atoms with E-state index in [0.29, 0.717) is 19.3 Å². The number of carbonyl (C=O) groups is 3. The first kappa shape index (κ1) is 72.6. The highest BCUT2D eigenvalue weighted by Gasteiger charge is 2.19. The van der Waals surface area contributed by atoms with Crippen molar-refractivity contribution in [1.29, 1.82) is 0 Å². The fourth-order valence-electron chi connectivity index (χ4n) is 10.1. The van der Waals surface area contributed by atoms with Gasteiger partial charge in [-0.3, -0.25) is 14.4 Å². The van der Waals surface area contributed by atoms with Gasteiger partial charge in [0.25, 0.3) is 0 Å². The molecule has 440 valence electrons. The first-order chi connectivity index (χ1) is 37.0. The molecule has 0 saturated heterocycles. The van der Waals surface area contributed by atoms with E-state index in [1.807, 2.05) is 0 Å². The molecule has 75 heavy (non-hydrogen) atoms. The highest BCUT2D eigenvalue weighted by atomic mass is 16.6. The van der Waals surface area contributed by atoms with Crippen molar-refractivity contribution in [3.63, 3.8) is 0 Å². The lowest BCUT2D eigenvalue weighted by Gasteiger charge is -2.18. The van der Waals surface area contributed by atoms with Crippen molar-refractivity contribution >= 4 is 17.9 Å². The summed E-state index contributed by atoms with van der Waals surface area (Å²) in [6.45, 7) is 6.62. The molecule has 0 saturated carbocycles. The van der Waals surface area contributed by atoms with Gasteiger partial charge in [0.2, 0.25) is 0 Å². The van der Waals surface area contributed by atoms with Crippen LogP contribution in [0.1, 0.15) is 367 Å². The Labute approximate surface area is 467 Å². The summed E-state index contributed by atoms with van der Waals surface area (Å²) in [4.78, 5) is 38.2. The Hall–Kier alpha value is -2.37. The fourth-order valence-corrected chi connectivity index (χ4v) is 10.1. The summed E-state index contributed by atoms with van der Waals surface area (Å²) in [7, 11) is 0. The highest BCUT2D eigenvalue weighted by Crippen LogP contribution is 2.18. The van der Waals surface area contributed by atoms with Crippen molar-refractivity contribution in [1.82, 2.24) is 0 Å². The molecule has 0 fully saturated rings. The summed E-state index contributed by atoms with van der Waals surface area (Å²) in [5.41, 5.74) is 0. The van der Waals surface area contributed by atoms with E-state index in [0.717, 1.165) is 77.0 Å². The maximum absolute atomic E-state index is 12.9. The van der Waals surface area contributed by atoms with Crippen LogP contribution in [0, 0.1) is 0 Å². The van der Waals surface area contributed by atoms with E-state index in [9.17, 15) is 14.4 Å². The van der Waals surface area contributed by atoms with Crippen LogP contribution in [-0.4, -0.2) is 37.2 Å². The lowest BCUT2D eigenvalue weighted by Crippen LogP contribution is -2.30. The van der Waals surface area contributed by atoms with Gasteiger partial charge in [0.1, 0.15) is 13.2 Å². The number of allylic oxidation sites excluding steroid dienone is 6. The molecule has 0 radical (unpaired) electrons. The van der Waals surface area contributed by atoms with Gasteiger partial charge in [-0.2, -0.15) is 0 Å². The zero-order valence-electron chi connectivity index (χ0n) is 50.6. The number of esters is 3. The number of ether oxygens (including phenoxy) is 3. The van der Waals surface area contributed by atoms with E-state index in [-0.39, 0.29) is 31.1 Å². The first-order valence-electron chi connectivity index (χ1n) is 33.5. The number of rotatable bonds is 62. The Morgan fingerprint density at radius 1 is 0.267 bits per heavy atom. The molecule has 0 rings (SSSR count). The normalized spacial score (nSPS) is 12.2. The predicted octanol–water partition coefficient (Wildman–Crippen LogP) is 22.8. The molecule has 0 aliphatic carbocycles. The molecule has 0 N–H and O–H groups in total. The number of carbonyl (C=O) groups excluding carboxylic acids is 3. The molecule has 0 aliphatic heterocycles. The monoisotopic (exact) mass is 1050 g/mol. The minimum Gasteiger partial charge on any atom is -0.462 e. The van der Waals surface area contributed by atoms with Gasteiger partial charge in [-0.15, -0.1) is 0 Å². The Kier molecular flexibility index (Phi) is 62.1. The molecule has 0 aromatic heterocycles. The molecule has 1 atom stereocenters. The average Bonchev–Trinajstić information content (AvgIpc) is 3.41. The van der Waals surface area contributed by atoms with Crippen LogP contribution < -0.4 is 0 Å². The number of hydrogen-bond acceptors (Lipinski definition) is 6. The summed E-state index contributed by atoms with van der Waals surface area (Å²) >= 11 is 0. The molecule has 0 bridgehead atoms. The van der Waals surface area contributed by atoms with Gasteiger partial charge < -0.3 is 14.2 Å². The zero-order chi connectivity index (χ0) is 54.3. The molecule has 6 heteroatoms.